The van der Waals surface area contributed by atoms with E-state index >= 15 is 9.59 Å². The summed E-state index contributed by atoms with van der Waals surface area (Å²) in [6.07, 6.45) is 8.58. The van der Waals surface area contributed by atoms with Crippen molar-refractivity contribution < 1.29 is 19.5 Å². The third kappa shape index (κ3) is 5.22. The molecule has 0 aliphatic carbocycles. The van der Waals surface area contributed by atoms with Crippen molar-refractivity contribution in [2.75, 3.05) is 24.6 Å². The highest BCUT2D eigenvalue weighted by atomic mass is 32.2. The predicted molar refractivity (Wildman–Crippen MR) is 186 cm³/mol. The molecule has 0 bridgehead atoms. The predicted octanol–water partition coefficient (Wildman–Crippen LogP) is 5.10. The fourth-order valence-electron chi connectivity index (χ4n) is 8.21. The molecule has 47 heavy (non-hydrogen) atoms. The van der Waals surface area contributed by atoms with Crippen molar-refractivity contribution in [3.63, 3.8) is 0 Å². The Morgan fingerprint density at radius 1 is 0.830 bits per heavy atom. The van der Waals surface area contributed by atoms with E-state index in [1.165, 1.54) is 0 Å². The molecule has 242 valence electrons. The second-order valence-electron chi connectivity index (χ2n) is 13.5. The molecule has 7 nitrogen and oxygen atoms in total. The van der Waals surface area contributed by atoms with Crippen LogP contribution in [0, 0.1) is 25.7 Å². The van der Waals surface area contributed by atoms with Crippen LogP contribution in [0.25, 0.3) is 0 Å². The molecule has 1 spiro atoms. The third-order valence-electron chi connectivity index (χ3n) is 10.4. The van der Waals surface area contributed by atoms with Crippen LogP contribution in [0.15, 0.2) is 103 Å². The number of benzene rings is 3. The van der Waals surface area contributed by atoms with Crippen LogP contribution in [0.1, 0.15) is 29.2 Å². The fraction of sp³-hybridized carbons (Fsp3) is 0.359. The molecule has 8 heteroatoms. The Morgan fingerprint density at radius 3 is 2.21 bits per heavy atom. The molecular weight excluding hydrogens is 607 g/mol. The molecule has 3 aromatic rings. The van der Waals surface area contributed by atoms with E-state index in [1.807, 2.05) is 123 Å². The molecule has 6 atom stereocenters. The number of anilines is 1. The Bertz CT molecular complexity index is 1760. The van der Waals surface area contributed by atoms with Gasteiger partial charge in [0, 0.05) is 30.1 Å². The molecule has 3 amide bonds. The van der Waals surface area contributed by atoms with Gasteiger partial charge in [0.2, 0.25) is 11.8 Å². The number of fused-ring (bicyclic) bond motifs is 2. The average molecular weight is 648 g/mol. The maximum atomic E-state index is 15.1. The van der Waals surface area contributed by atoms with Gasteiger partial charge in [-0.2, -0.15) is 0 Å². The number of aryl methyl sites for hydroxylation is 2. The van der Waals surface area contributed by atoms with Crippen molar-refractivity contribution >= 4 is 35.2 Å². The lowest BCUT2D eigenvalue weighted by Crippen LogP contribution is -2.57. The van der Waals surface area contributed by atoms with E-state index in [1.54, 1.807) is 21.6 Å². The first-order chi connectivity index (χ1) is 22.7. The maximum absolute atomic E-state index is 15.1. The van der Waals surface area contributed by atoms with E-state index in [4.69, 9.17) is 0 Å². The average Bonchev–Trinajstić information content (AvgIpc) is 3.35. The maximum Gasteiger partial charge on any atom is 0.251 e. The zero-order chi connectivity index (χ0) is 32.9. The lowest BCUT2D eigenvalue weighted by Gasteiger charge is -2.40. The van der Waals surface area contributed by atoms with Gasteiger partial charge in [-0.3, -0.25) is 14.4 Å². The summed E-state index contributed by atoms with van der Waals surface area (Å²) in [5.41, 5.74) is 4.80. The van der Waals surface area contributed by atoms with Gasteiger partial charge in [0.15, 0.2) is 0 Å². The fourth-order valence-corrected chi connectivity index (χ4v) is 10.4. The third-order valence-corrected chi connectivity index (χ3v) is 12.2. The Morgan fingerprint density at radius 2 is 1.51 bits per heavy atom. The van der Waals surface area contributed by atoms with Gasteiger partial charge in [0.1, 0.15) is 6.04 Å². The van der Waals surface area contributed by atoms with Crippen molar-refractivity contribution in [3.05, 3.63) is 125 Å². The highest BCUT2D eigenvalue weighted by Crippen LogP contribution is 2.66. The largest absolute Gasteiger partial charge is 0.394 e. The van der Waals surface area contributed by atoms with Crippen molar-refractivity contribution in [2.45, 2.75) is 55.3 Å². The molecule has 7 rings (SSSR count). The first-order valence-electron chi connectivity index (χ1n) is 16.4. The molecular formula is C39H41N3O4S. The number of thioether (sulfide) groups is 1. The molecule has 4 aliphatic heterocycles. The molecule has 4 aliphatic rings. The van der Waals surface area contributed by atoms with Gasteiger partial charge < -0.3 is 19.8 Å². The SMILES string of the molecule is Cc1ccc(C)c(N2CC=C[C@]34S[C@]5(C)C=CCN(Cc6ccccc6)C(=O)[C@@H]5[C@H]3C(=O)N([C@@H](CO)Cc3ccccc3)C4C2=O)c1. The van der Waals surface area contributed by atoms with E-state index in [2.05, 4.69) is 6.08 Å². The highest BCUT2D eigenvalue weighted by Gasteiger charge is 2.74. The number of hydrogen-bond donors (Lipinski definition) is 1. The molecule has 1 unspecified atom stereocenters. The van der Waals surface area contributed by atoms with Crippen molar-refractivity contribution in [2.24, 2.45) is 11.8 Å². The monoisotopic (exact) mass is 647 g/mol. The van der Waals surface area contributed by atoms with Crippen LogP contribution in [0.3, 0.4) is 0 Å². The van der Waals surface area contributed by atoms with Gasteiger partial charge in [-0.25, -0.2) is 0 Å². The van der Waals surface area contributed by atoms with Crippen LogP contribution in [-0.4, -0.2) is 73.9 Å². The lowest BCUT2D eigenvalue weighted by atomic mass is 9.74. The minimum absolute atomic E-state index is 0.0789. The number of amides is 3. The lowest BCUT2D eigenvalue weighted by molar-refractivity contribution is -0.145. The summed E-state index contributed by atoms with van der Waals surface area (Å²) in [6, 6.07) is 24.2. The first-order valence-corrected chi connectivity index (χ1v) is 17.2. The van der Waals surface area contributed by atoms with Crippen LogP contribution in [0.4, 0.5) is 5.69 Å². The summed E-state index contributed by atoms with van der Waals surface area (Å²) in [5, 5.41) is 10.9. The normalized spacial score (nSPS) is 29.0. The van der Waals surface area contributed by atoms with E-state index in [9.17, 15) is 9.90 Å². The van der Waals surface area contributed by atoms with Gasteiger partial charge >= 0.3 is 0 Å². The van der Waals surface area contributed by atoms with Gasteiger partial charge in [-0.1, -0.05) is 97.1 Å². The van der Waals surface area contributed by atoms with E-state index in [0.717, 1.165) is 27.9 Å². The number of likely N-dealkylation sites (tertiary alicyclic amines) is 1. The van der Waals surface area contributed by atoms with Crippen LogP contribution in [0.2, 0.25) is 0 Å². The number of nitrogens with zero attached hydrogens (tertiary/aromatic N) is 3. The Kier molecular flexibility index (Phi) is 8.13. The molecule has 1 N–H and O–H groups in total. The zero-order valence-electron chi connectivity index (χ0n) is 27.1. The van der Waals surface area contributed by atoms with Gasteiger partial charge in [0.25, 0.3) is 5.91 Å². The van der Waals surface area contributed by atoms with Crippen molar-refractivity contribution in [3.8, 4) is 0 Å². The number of hydrogen-bond acceptors (Lipinski definition) is 5. The Labute approximate surface area is 280 Å². The smallest absolute Gasteiger partial charge is 0.251 e. The topological polar surface area (TPSA) is 81.2 Å². The van der Waals surface area contributed by atoms with Crippen molar-refractivity contribution in [1.82, 2.24) is 9.80 Å². The summed E-state index contributed by atoms with van der Waals surface area (Å²) in [5.74, 6) is -1.97. The minimum atomic E-state index is -1.00. The Hall–Kier alpha value is -4.14. The molecule has 2 saturated heterocycles. The molecule has 4 heterocycles. The second kappa shape index (κ2) is 12.1. The van der Waals surface area contributed by atoms with Crippen LogP contribution < -0.4 is 4.90 Å². The van der Waals surface area contributed by atoms with Crippen molar-refractivity contribution in [1.29, 1.82) is 0 Å². The first kappa shape index (κ1) is 31.5. The number of aliphatic hydroxyl groups excluding tert-OH is 1. The summed E-state index contributed by atoms with van der Waals surface area (Å²) in [7, 11) is 0. The Balaban J connectivity index is 1.35. The van der Waals surface area contributed by atoms with Gasteiger partial charge in [-0.15, -0.1) is 11.8 Å². The molecule has 0 radical (unpaired) electrons. The second-order valence-corrected chi connectivity index (χ2v) is 15.3. The standard InChI is InChI=1S/C39H41N3O4S/c1-26-16-17-27(2)31(22-26)41-21-11-19-39-33(36(45)42(34(39)37(41)46)30(25-43)23-28-12-6-4-7-13-28)32-35(44)40(20-10-18-38(32,3)47-39)24-29-14-8-5-9-15-29/h4-19,22,30,32-34,43H,20-21,23-25H2,1-3H3/t30-,32+,33+,34?,38-,39+/m1/s1. The molecule has 0 saturated carbocycles. The molecule has 0 aromatic heterocycles. The number of rotatable bonds is 7. The zero-order valence-corrected chi connectivity index (χ0v) is 27.9. The summed E-state index contributed by atoms with van der Waals surface area (Å²) in [4.78, 5) is 50.2. The van der Waals surface area contributed by atoms with Gasteiger partial charge in [-0.05, 0) is 55.5 Å². The molecule has 3 aromatic carbocycles. The number of carbonyl (C=O) groups is 3. The highest BCUT2D eigenvalue weighted by molar-refractivity contribution is 8.02. The van der Waals surface area contributed by atoms with Crippen LogP contribution >= 0.6 is 11.8 Å². The minimum Gasteiger partial charge on any atom is -0.394 e. The quantitative estimate of drug-likeness (QED) is 0.362. The number of aliphatic hydroxyl groups is 1. The van der Waals surface area contributed by atoms with E-state index in [-0.39, 0.29) is 24.3 Å². The molecule has 2 fully saturated rings. The summed E-state index contributed by atoms with van der Waals surface area (Å²) in [6.45, 7) is 6.98. The summed E-state index contributed by atoms with van der Waals surface area (Å²) >= 11 is 1.57. The number of carbonyl (C=O) groups excluding carboxylic acids is 3. The van der Waals surface area contributed by atoms with E-state index < -0.39 is 33.4 Å². The van der Waals surface area contributed by atoms with Crippen LogP contribution in [0.5, 0.6) is 0 Å². The van der Waals surface area contributed by atoms with Gasteiger partial charge in [0.05, 0.1) is 29.2 Å². The summed E-state index contributed by atoms with van der Waals surface area (Å²) < 4.78 is -1.71. The van der Waals surface area contributed by atoms with Crippen LogP contribution in [-0.2, 0) is 27.3 Å². The van der Waals surface area contributed by atoms with E-state index in [0.29, 0.717) is 26.1 Å².